The van der Waals surface area contributed by atoms with E-state index in [-0.39, 0.29) is 6.66 Å². The lowest BCUT2D eigenvalue weighted by Gasteiger charge is -2.35. The number of hydrogen-bond donors (Lipinski definition) is 0. The van der Waals surface area contributed by atoms with Crippen LogP contribution in [0.25, 0.3) is 12.2 Å². The molecule has 0 bridgehead atoms. The predicted octanol–water partition coefficient (Wildman–Crippen LogP) is 8.70. The molecule has 1 atom stereocenters. The maximum Gasteiger partial charge on any atom is 0.449 e. The SMILES string of the molecule is C=Cc1ccc(COCC(F)(F)OOC(F)(F)C(F)(F)P(C)C(F)(F)OC(F)(F)COCc2ccc(C=C)cc2)cc1. The summed E-state index contributed by atoms with van der Waals surface area (Å²) in [5, 5.41) is 0. The van der Waals surface area contributed by atoms with Crippen molar-refractivity contribution in [2.75, 3.05) is 19.9 Å². The van der Waals surface area contributed by atoms with Gasteiger partial charge in [0.2, 0.25) is 0 Å². The largest absolute Gasteiger partial charge is 0.449 e. The molecule has 2 aromatic carbocycles. The lowest BCUT2D eigenvalue weighted by Crippen LogP contribution is -2.47. The number of ether oxygens (including phenoxy) is 3. The molecule has 0 radical (unpaired) electrons. The molecule has 0 spiro atoms. The first-order valence-corrected chi connectivity index (χ1v) is 13.4. The molecule has 2 rings (SSSR count). The maximum absolute atomic E-state index is 14.3. The van der Waals surface area contributed by atoms with E-state index in [1.54, 1.807) is 24.3 Å². The Morgan fingerprint density at radius 1 is 0.643 bits per heavy atom. The standard InChI is InChI=1S/C26H25F10O5P/c1-4-18-6-10-20(11-7-18)14-37-16-22(27,28)39-26(35,36)42(3)25(33,34)24(31,32)41-40-23(29,30)17-38-15-21-12-8-19(5-2)9-13-21/h4-13H,1-2,14-17H2,3H3. The first-order valence-electron chi connectivity index (χ1n) is 11.6. The topological polar surface area (TPSA) is 46.2 Å². The lowest BCUT2D eigenvalue weighted by atomic mass is 10.1. The highest BCUT2D eigenvalue weighted by Crippen LogP contribution is 2.66. The summed E-state index contributed by atoms with van der Waals surface area (Å²) in [6.07, 6.45) is -12.8. The van der Waals surface area contributed by atoms with E-state index in [9.17, 15) is 43.9 Å². The fourth-order valence-corrected chi connectivity index (χ4v) is 3.92. The van der Waals surface area contributed by atoms with Crippen LogP contribution in [0.3, 0.4) is 0 Å². The van der Waals surface area contributed by atoms with Gasteiger partial charge < -0.3 is 9.47 Å². The van der Waals surface area contributed by atoms with Gasteiger partial charge in [0.05, 0.1) is 21.1 Å². The van der Waals surface area contributed by atoms with Gasteiger partial charge >= 0.3 is 29.8 Å². The molecule has 0 saturated carbocycles. The Bertz CT molecular complexity index is 1160. The normalized spacial score (nSPS) is 14.1. The summed E-state index contributed by atoms with van der Waals surface area (Å²) in [4.78, 5) is 5.93. The average Bonchev–Trinajstić information content (AvgIpc) is 2.91. The first-order chi connectivity index (χ1) is 19.3. The third-order valence-corrected chi connectivity index (χ3v) is 7.19. The quantitative estimate of drug-likeness (QED) is 0.0708. The third kappa shape index (κ3) is 10.3. The van der Waals surface area contributed by atoms with Gasteiger partial charge in [-0.3, -0.25) is 0 Å². The number of hydrogen-bond acceptors (Lipinski definition) is 5. The van der Waals surface area contributed by atoms with Crippen LogP contribution in [0, 0.1) is 0 Å². The van der Waals surface area contributed by atoms with Crippen molar-refractivity contribution >= 4 is 20.1 Å². The fraction of sp³-hybridized carbons (Fsp3) is 0.385. The van der Waals surface area contributed by atoms with E-state index >= 15 is 0 Å². The highest BCUT2D eigenvalue weighted by atomic mass is 31.1. The molecule has 0 N–H and O–H groups in total. The van der Waals surface area contributed by atoms with Crippen molar-refractivity contribution in [1.29, 1.82) is 0 Å². The molecular formula is C26H25F10O5P. The molecule has 0 aliphatic rings. The van der Waals surface area contributed by atoms with E-state index in [2.05, 4.69) is 37.1 Å². The monoisotopic (exact) mass is 638 g/mol. The van der Waals surface area contributed by atoms with Crippen molar-refractivity contribution < 1.29 is 67.9 Å². The molecule has 0 aromatic heterocycles. The Hall–Kier alpha value is -2.55. The van der Waals surface area contributed by atoms with Crippen LogP contribution >= 0.6 is 7.92 Å². The zero-order chi connectivity index (χ0) is 31.8. The van der Waals surface area contributed by atoms with E-state index < -0.39 is 64.2 Å². The highest BCUT2D eigenvalue weighted by Gasteiger charge is 2.70. The van der Waals surface area contributed by atoms with Gasteiger partial charge in [-0.1, -0.05) is 73.8 Å². The van der Waals surface area contributed by atoms with Crippen LogP contribution in [0.15, 0.2) is 61.7 Å². The molecule has 16 heteroatoms. The Balaban J connectivity index is 1.92. The molecule has 1 unspecified atom stereocenters. The van der Waals surface area contributed by atoms with Crippen molar-refractivity contribution in [1.82, 2.24) is 0 Å². The second-order valence-corrected chi connectivity index (χ2v) is 10.7. The molecule has 234 valence electrons. The molecular weight excluding hydrogens is 613 g/mol. The molecule has 5 nitrogen and oxygen atoms in total. The van der Waals surface area contributed by atoms with E-state index in [1.807, 2.05) is 0 Å². The van der Waals surface area contributed by atoms with Gasteiger partial charge in [-0.05, 0) is 28.9 Å². The van der Waals surface area contributed by atoms with Gasteiger partial charge in [0.25, 0.3) is 0 Å². The van der Waals surface area contributed by atoms with Crippen molar-refractivity contribution in [3.8, 4) is 0 Å². The zero-order valence-electron chi connectivity index (χ0n) is 21.8. The summed E-state index contributed by atoms with van der Waals surface area (Å²) in [5.41, 5.74) is -3.94. The van der Waals surface area contributed by atoms with Crippen LogP contribution in [-0.4, -0.2) is 49.7 Å². The highest BCUT2D eigenvalue weighted by molar-refractivity contribution is 7.59. The second kappa shape index (κ2) is 14.3. The van der Waals surface area contributed by atoms with Crippen molar-refractivity contribution in [2.24, 2.45) is 0 Å². The van der Waals surface area contributed by atoms with Crippen molar-refractivity contribution in [3.05, 3.63) is 83.9 Å². The second-order valence-electron chi connectivity index (χ2n) is 8.52. The molecule has 0 amide bonds. The average molecular weight is 638 g/mol. The van der Waals surface area contributed by atoms with Crippen LogP contribution in [-0.2, 0) is 37.2 Å². The third-order valence-electron chi connectivity index (χ3n) is 5.21. The van der Waals surface area contributed by atoms with E-state index in [1.165, 1.54) is 36.4 Å². The van der Waals surface area contributed by atoms with Crippen molar-refractivity contribution in [3.63, 3.8) is 0 Å². The molecule has 0 heterocycles. The fourth-order valence-electron chi connectivity index (χ4n) is 2.90. The van der Waals surface area contributed by atoms with Crippen molar-refractivity contribution in [2.45, 2.75) is 43.1 Å². The Morgan fingerprint density at radius 3 is 1.45 bits per heavy atom. The molecule has 0 aliphatic heterocycles. The summed E-state index contributed by atoms with van der Waals surface area (Å²) < 4.78 is 153. The Kier molecular flexibility index (Phi) is 12.1. The Labute approximate surface area is 235 Å². The number of alkyl halides is 10. The number of rotatable bonds is 18. The van der Waals surface area contributed by atoms with Crippen LogP contribution in [0.4, 0.5) is 43.9 Å². The van der Waals surface area contributed by atoms with Crippen LogP contribution in [0.5, 0.6) is 0 Å². The van der Waals surface area contributed by atoms with Gasteiger partial charge in [0.1, 0.15) is 13.2 Å². The summed E-state index contributed by atoms with van der Waals surface area (Å²) >= 11 is 0. The molecule has 0 fully saturated rings. The van der Waals surface area contributed by atoms with Gasteiger partial charge in [0, 0.05) is 0 Å². The minimum absolute atomic E-state index is 0.219. The van der Waals surface area contributed by atoms with Crippen LogP contribution in [0.2, 0.25) is 0 Å². The minimum Gasteiger partial charge on any atom is -0.368 e. The van der Waals surface area contributed by atoms with Crippen LogP contribution < -0.4 is 0 Å². The molecule has 42 heavy (non-hydrogen) atoms. The van der Waals surface area contributed by atoms with Crippen LogP contribution in [0.1, 0.15) is 22.3 Å². The maximum atomic E-state index is 14.3. The van der Waals surface area contributed by atoms with E-state index in [0.29, 0.717) is 22.3 Å². The number of benzene rings is 2. The number of halogens is 10. The lowest BCUT2D eigenvalue weighted by molar-refractivity contribution is -0.541. The summed E-state index contributed by atoms with van der Waals surface area (Å²) in [6, 6.07) is 12.0. The van der Waals surface area contributed by atoms with E-state index in [0.717, 1.165) is 0 Å². The van der Waals surface area contributed by atoms with E-state index in [4.69, 9.17) is 0 Å². The summed E-state index contributed by atoms with van der Waals surface area (Å²) in [5.74, 6) is -5.57. The predicted molar refractivity (Wildman–Crippen MR) is 133 cm³/mol. The smallest absolute Gasteiger partial charge is 0.368 e. The molecule has 0 saturated heterocycles. The van der Waals surface area contributed by atoms with Gasteiger partial charge in [0.15, 0.2) is 0 Å². The summed E-state index contributed by atoms with van der Waals surface area (Å²) in [7, 11) is -4.85. The van der Waals surface area contributed by atoms with Gasteiger partial charge in [-0.25, -0.2) is 4.74 Å². The molecule has 2 aromatic rings. The zero-order valence-corrected chi connectivity index (χ0v) is 22.7. The minimum atomic E-state index is -6.13. The first kappa shape index (κ1) is 35.6. The van der Waals surface area contributed by atoms with Gasteiger partial charge in [-0.2, -0.15) is 53.7 Å². The Morgan fingerprint density at radius 2 is 1.05 bits per heavy atom. The van der Waals surface area contributed by atoms with Gasteiger partial charge in [-0.15, -0.1) is 0 Å². The molecule has 0 aliphatic carbocycles. The summed E-state index contributed by atoms with van der Waals surface area (Å²) in [6.45, 7) is 2.18.